The molecule has 1 amide bonds. The molecule has 0 fully saturated rings. The average molecular weight is 359 g/mol. The van der Waals surface area contributed by atoms with Crippen molar-refractivity contribution in [1.29, 1.82) is 0 Å². The molecule has 5 nitrogen and oxygen atoms in total. The number of aryl methyl sites for hydroxylation is 1. The van der Waals surface area contributed by atoms with Gasteiger partial charge >= 0.3 is 0 Å². The Labute approximate surface area is 138 Å². The number of nitrogens with one attached hydrogen (secondary N) is 1. The van der Waals surface area contributed by atoms with Gasteiger partial charge in [-0.15, -0.1) is 11.3 Å². The number of carbonyl (C=O) groups is 1. The van der Waals surface area contributed by atoms with Crippen molar-refractivity contribution in [3.8, 4) is 0 Å². The van der Waals surface area contributed by atoms with Gasteiger partial charge in [0.15, 0.2) is 15.0 Å². The Morgan fingerprint density at radius 1 is 1.27 bits per heavy atom. The highest BCUT2D eigenvalue weighted by molar-refractivity contribution is 7.93. The molecule has 2 rings (SSSR count). The van der Waals surface area contributed by atoms with Crippen molar-refractivity contribution in [3.63, 3.8) is 0 Å². The summed E-state index contributed by atoms with van der Waals surface area (Å²) in [6.07, 6.45) is 0. The summed E-state index contributed by atoms with van der Waals surface area (Å²) in [6.45, 7) is 4.53. The Morgan fingerprint density at radius 2 is 1.86 bits per heavy atom. The lowest BCUT2D eigenvalue weighted by atomic mass is 10.2. The maximum Gasteiger partial charge on any atom is 0.247 e. The highest BCUT2D eigenvalue weighted by Crippen LogP contribution is 2.28. The molecule has 0 spiro atoms. The van der Waals surface area contributed by atoms with Gasteiger partial charge in [0.25, 0.3) is 0 Å². The van der Waals surface area contributed by atoms with Gasteiger partial charge < -0.3 is 5.32 Å². The van der Waals surface area contributed by atoms with Crippen molar-refractivity contribution in [2.45, 2.75) is 30.4 Å². The molecule has 0 aliphatic carbocycles. The minimum atomic E-state index is -3.86. The number of hydrogen-bond donors (Lipinski definition) is 1. The largest absolute Gasteiger partial charge is 0.301 e. The van der Waals surface area contributed by atoms with E-state index in [1.54, 1.807) is 12.3 Å². The number of sulfone groups is 1. The first-order chi connectivity index (χ1) is 10.1. The fraction of sp³-hybridized carbons (Fsp3) is 0.286. The summed E-state index contributed by atoms with van der Waals surface area (Å²) in [6, 6.07) is 5.74. The van der Waals surface area contributed by atoms with E-state index in [1.807, 2.05) is 0 Å². The molecule has 2 aromatic rings. The van der Waals surface area contributed by atoms with Gasteiger partial charge in [-0.2, -0.15) is 0 Å². The van der Waals surface area contributed by atoms with Gasteiger partial charge in [0, 0.05) is 10.4 Å². The predicted molar refractivity (Wildman–Crippen MR) is 88.2 cm³/mol. The normalized spacial score (nSPS) is 12.2. The van der Waals surface area contributed by atoms with Crippen molar-refractivity contribution in [1.82, 2.24) is 4.98 Å². The number of benzene rings is 1. The lowest BCUT2D eigenvalue weighted by Gasteiger charge is -2.23. The van der Waals surface area contributed by atoms with E-state index in [2.05, 4.69) is 10.3 Å². The van der Waals surface area contributed by atoms with Crippen molar-refractivity contribution in [2.75, 3.05) is 5.32 Å². The molecule has 0 saturated heterocycles. The third kappa shape index (κ3) is 3.16. The van der Waals surface area contributed by atoms with Gasteiger partial charge in [0.1, 0.15) is 4.75 Å². The quantitative estimate of drug-likeness (QED) is 0.909. The van der Waals surface area contributed by atoms with Crippen LogP contribution in [0.4, 0.5) is 5.13 Å². The van der Waals surface area contributed by atoms with E-state index in [0.29, 0.717) is 10.2 Å². The second-order valence-corrected chi connectivity index (χ2v) is 9.01. The molecule has 0 saturated carbocycles. The van der Waals surface area contributed by atoms with Crippen LogP contribution in [-0.2, 0) is 14.6 Å². The average Bonchev–Trinajstić information content (AvgIpc) is 2.84. The molecule has 0 unspecified atom stereocenters. The maximum atomic E-state index is 12.7. The molecular formula is C14H15ClN2O3S2. The first-order valence-electron chi connectivity index (χ1n) is 6.38. The van der Waals surface area contributed by atoms with Gasteiger partial charge in [0.2, 0.25) is 5.91 Å². The molecule has 8 heteroatoms. The van der Waals surface area contributed by atoms with Crippen LogP contribution >= 0.6 is 22.9 Å². The summed E-state index contributed by atoms with van der Waals surface area (Å²) < 4.78 is 23.7. The number of carbonyl (C=O) groups excluding carboxylic acids is 1. The molecule has 1 aromatic carbocycles. The molecule has 0 aliphatic rings. The van der Waals surface area contributed by atoms with Crippen LogP contribution in [0, 0.1) is 6.92 Å². The third-order valence-corrected chi connectivity index (χ3v) is 6.73. The minimum absolute atomic E-state index is 0.0485. The van der Waals surface area contributed by atoms with E-state index in [9.17, 15) is 13.2 Å². The smallest absolute Gasteiger partial charge is 0.247 e. The van der Waals surface area contributed by atoms with E-state index < -0.39 is 20.5 Å². The third-order valence-electron chi connectivity index (χ3n) is 3.18. The standard InChI is InChI=1S/C14H15ClN2O3S2/c1-9-8-21-13(16-9)17-12(18)14(2,3)22(19,20)11-6-4-10(15)5-7-11/h4-8H,1-3H3,(H,16,17,18). The van der Waals surface area contributed by atoms with Crippen molar-refractivity contribution < 1.29 is 13.2 Å². The minimum Gasteiger partial charge on any atom is -0.301 e. The lowest BCUT2D eigenvalue weighted by molar-refractivity contribution is -0.117. The predicted octanol–water partition coefficient (Wildman–Crippen LogP) is 3.30. The Morgan fingerprint density at radius 3 is 2.36 bits per heavy atom. The van der Waals surface area contributed by atoms with Crippen LogP contribution in [0.2, 0.25) is 5.02 Å². The van der Waals surface area contributed by atoms with E-state index in [0.717, 1.165) is 5.69 Å². The molecule has 0 atom stereocenters. The topological polar surface area (TPSA) is 76.1 Å². The van der Waals surface area contributed by atoms with Crippen LogP contribution in [0.1, 0.15) is 19.5 Å². The van der Waals surface area contributed by atoms with Crippen LogP contribution < -0.4 is 5.32 Å². The fourth-order valence-corrected chi connectivity index (χ4v) is 3.88. The zero-order chi connectivity index (χ0) is 16.5. The van der Waals surface area contributed by atoms with Gasteiger partial charge in [-0.05, 0) is 45.0 Å². The molecule has 1 N–H and O–H groups in total. The number of aromatic nitrogens is 1. The number of amides is 1. The molecular weight excluding hydrogens is 344 g/mol. The summed E-state index contributed by atoms with van der Waals surface area (Å²) in [5.74, 6) is -0.628. The summed E-state index contributed by atoms with van der Waals surface area (Å²) >= 11 is 7.01. The van der Waals surface area contributed by atoms with Crippen LogP contribution in [0.15, 0.2) is 34.5 Å². The number of nitrogens with zero attached hydrogens (tertiary/aromatic N) is 1. The summed E-state index contributed by atoms with van der Waals surface area (Å²) in [5, 5.41) is 5.13. The molecule has 0 bridgehead atoms. The summed E-state index contributed by atoms with van der Waals surface area (Å²) in [7, 11) is -3.86. The van der Waals surface area contributed by atoms with Crippen LogP contribution in [0.3, 0.4) is 0 Å². The van der Waals surface area contributed by atoms with Gasteiger partial charge in [-0.1, -0.05) is 11.6 Å². The molecule has 22 heavy (non-hydrogen) atoms. The first-order valence-corrected chi connectivity index (χ1v) is 9.12. The number of anilines is 1. The number of thiazole rings is 1. The SMILES string of the molecule is Cc1csc(NC(=O)C(C)(C)S(=O)(=O)c2ccc(Cl)cc2)n1. The van der Waals surface area contributed by atoms with Crippen LogP contribution in [-0.4, -0.2) is 24.1 Å². The van der Waals surface area contributed by atoms with E-state index in [4.69, 9.17) is 11.6 Å². The Bertz CT molecular complexity index is 796. The maximum absolute atomic E-state index is 12.7. The molecule has 0 radical (unpaired) electrons. The molecule has 1 heterocycles. The number of rotatable bonds is 4. The second kappa shape index (κ2) is 5.98. The van der Waals surface area contributed by atoms with Gasteiger partial charge in [-0.25, -0.2) is 13.4 Å². The van der Waals surface area contributed by atoms with E-state index in [1.165, 1.54) is 49.4 Å². The van der Waals surface area contributed by atoms with Crippen LogP contribution in [0.25, 0.3) is 0 Å². The summed E-state index contributed by atoms with van der Waals surface area (Å²) in [4.78, 5) is 16.5. The van der Waals surface area contributed by atoms with Gasteiger partial charge in [-0.3, -0.25) is 4.79 Å². The highest BCUT2D eigenvalue weighted by atomic mass is 35.5. The zero-order valence-electron chi connectivity index (χ0n) is 12.3. The Balaban J connectivity index is 2.31. The van der Waals surface area contributed by atoms with Crippen LogP contribution in [0.5, 0.6) is 0 Å². The van der Waals surface area contributed by atoms with Crippen molar-refractivity contribution in [2.24, 2.45) is 0 Å². The van der Waals surface area contributed by atoms with E-state index >= 15 is 0 Å². The first kappa shape index (κ1) is 16.9. The monoisotopic (exact) mass is 358 g/mol. The molecule has 118 valence electrons. The molecule has 1 aromatic heterocycles. The number of hydrogen-bond acceptors (Lipinski definition) is 5. The second-order valence-electron chi connectivity index (χ2n) is 5.22. The number of halogens is 1. The van der Waals surface area contributed by atoms with E-state index in [-0.39, 0.29) is 4.90 Å². The Kier molecular flexibility index (Phi) is 4.60. The lowest BCUT2D eigenvalue weighted by Crippen LogP contribution is -2.44. The highest BCUT2D eigenvalue weighted by Gasteiger charge is 2.43. The fourth-order valence-electron chi connectivity index (χ4n) is 1.69. The van der Waals surface area contributed by atoms with Gasteiger partial charge in [0.05, 0.1) is 10.6 Å². The Hall–Kier alpha value is -1.44. The van der Waals surface area contributed by atoms with Crippen molar-refractivity contribution in [3.05, 3.63) is 40.4 Å². The van der Waals surface area contributed by atoms with Crippen molar-refractivity contribution >= 4 is 43.8 Å². The zero-order valence-corrected chi connectivity index (χ0v) is 14.6. The summed E-state index contributed by atoms with van der Waals surface area (Å²) in [5.41, 5.74) is 0.763. The molecule has 0 aliphatic heterocycles.